The van der Waals surface area contributed by atoms with Gasteiger partial charge in [0.15, 0.2) is 0 Å². The zero-order valence-electron chi connectivity index (χ0n) is 9.69. The monoisotopic (exact) mass is 255 g/mol. The van der Waals surface area contributed by atoms with E-state index in [2.05, 4.69) is 5.32 Å². The van der Waals surface area contributed by atoms with Gasteiger partial charge in [0.1, 0.15) is 11.4 Å². The summed E-state index contributed by atoms with van der Waals surface area (Å²) in [5.41, 5.74) is 0.797. The summed E-state index contributed by atoms with van der Waals surface area (Å²) in [5, 5.41) is 13.5. The Kier molecular flexibility index (Phi) is 3.61. The molecule has 2 aliphatic rings. The number of hydrogen-bond donors (Lipinski definition) is 2. The maximum absolute atomic E-state index is 10.2. The van der Waals surface area contributed by atoms with E-state index in [-0.39, 0.29) is 24.1 Å². The minimum Gasteiger partial charge on any atom is -0.487 e. The van der Waals surface area contributed by atoms with E-state index in [1.807, 2.05) is 24.3 Å². The number of benzene rings is 1. The maximum Gasteiger partial charge on any atom is 0.125 e. The van der Waals surface area contributed by atoms with Crippen LogP contribution in [0, 0.1) is 0 Å². The number of rotatable bonds is 0. The summed E-state index contributed by atoms with van der Waals surface area (Å²) < 4.78 is 6.13. The molecule has 2 aliphatic heterocycles. The topological polar surface area (TPSA) is 41.5 Å². The lowest BCUT2D eigenvalue weighted by Gasteiger charge is -2.43. The SMILES string of the molecule is Cl.OC1CC2(CCNCC2)Oc2ccccc21. The quantitative estimate of drug-likeness (QED) is 0.746. The van der Waals surface area contributed by atoms with Gasteiger partial charge >= 0.3 is 0 Å². The Hall–Kier alpha value is -0.770. The van der Waals surface area contributed by atoms with Crippen molar-refractivity contribution < 1.29 is 9.84 Å². The van der Waals surface area contributed by atoms with E-state index in [9.17, 15) is 5.11 Å². The lowest BCUT2D eigenvalue weighted by Crippen LogP contribution is -2.49. The highest BCUT2D eigenvalue weighted by Crippen LogP contribution is 2.43. The van der Waals surface area contributed by atoms with Crippen molar-refractivity contribution in [1.29, 1.82) is 0 Å². The van der Waals surface area contributed by atoms with Crippen molar-refractivity contribution in [2.75, 3.05) is 13.1 Å². The van der Waals surface area contributed by atoms with Gasteiger partial charge in [-0.15, -0.1) is 12.4 Å². The number of halogens is 1. The van der Waals surface area contributed by atoms with Gasteiger partial charge in [-0.2, -0.15) is 0 Å². The first-order chi connectivity index (χ1) is 7.79. The fourth-order valence-electron chi connectivity index (χ4n) is 2.77. The highest BCUT2D eigenvalue weighted by atomic mass is 35.5. The lowest BCUT2D eigenvalue weighted by atomic mass is 9.82. The number of fused-ring (bicyclic) bond motifs is 1. The Balaban J connectivity index is 0.00000108. The fourth-order valence-corrected chi connectivity index (χ4v) is 2.77. The Labute approximate surface area is 108 Å². The van der Waals surface area contributed by atoms with E-state index in [0.29, 0.717) is 0 Å². The van der Waals surface area contributed by atoms with Crippen molar-refractivity contribution in [3.63, 3.8) is 0 Å². The van der Waals surface area contributed by atoms with Gasteiger partial charge in [0.2, 0.25) is 0 Å². The molecule has 0 saturated carbocycles. The van der Waals surface area contributed by atoms with E-state index in [4.69, 9.17) is 4.74 Å². The fraction of sp³-hybridized carbons (Fsp3) is 0.538. The summed E-state index contributed by atoms with van der Waals surface area (Å²) in [7, 11) is 0. The molecule has 1 aromatic rings. The molecule has 2 N–H and O–H groups in total. The normalized spacial score (nSPS) is 25.6. The van der Waals surface area contributed by atoms with Crippen LogP contribution in [-0.2, 0) is 0 Å². The molecule has 1 saturated heterocycles. The van der Waals surface area contributed by atoms with Crippen molar-refractivity contribution >= 4 is 12.4 Å². The largest absolute Gasteiger partial charge is 0.487 e. The molecule has 1 spiro atoms. The highest BCUT2D eigenvalue weighted by Gasteiger charge is 2.41. The molecule has 2 heterocycles. The zero-order chi connectivity index (χ0) is 11.0. The van der Waals surface area contributed by atoms with Gasteiger partial charge in [0.25, 0.3) is 0 Å². The van der Waals surface area contributed by atoms with Gasteiger partial charge in [-0.05, 0) is 32.0 Å². The predicted octanol–water partition coefficient (Wildman–Crippen LogP) is 2.05. The summed E-state index contributed by atoms with van der Waals surface area (Å²) in [5.74, 6) is 0.864. The second-order valence-corrected chi connectivity index (χ2v) is 4.79. The molecule has 0 bridgehead atoms. The molecule has 0 radical (unpaired) electrons. The van der Waals surface area contributed by atoms with Gasteiger partial charge < -0.3 is 15.2 Å². The number of ether oxygens (including phenoxy) is 1. The van der Waals surface area contributed by atoms with E-state index < -0.39 is 0 Å². The van der Waals surface area contributed by atoms with Gasteiger partial charge in [0, 0.05) is 12.0 Å². The number of nitrogens with one attached hydrogen (secondary N) is 1. The lowest BCUT2D eigenvalue weighted by molar-refractivity contribution is -0.0336. The number of aliphatic hydroxyl groups excluding tert-OH is 1. The molecular weight excluding hydrogens is 238 g/mol. The number of hydrogen-bond acceptors (Lipinski definition) is 3. The van der Waals surface area contributed by atoms with Crippen LogP contribution < -0.4 is 10.1 Å². The van der Waals surface area contributed by atoms with Gasteiger partial charge in [-0.25, -0.2) is 0 Å². The van der Waals surface area contributed by atoms with E-state index in [1.54, 1.807) is 0 Å². The average Bonchev–Trinajstić information content (AvgIpc) is 2.30. The number of para-hydroxylation sites is 1. The van der Waals surface area contributed by atoms with Gasteiger partial charge in [0.05, 0.1) is 6.10 Å². The minimum atomic E-state index is -0.372. The van der Waals surface area contributed by atoms with Crippen molar-refractivity contribution in [3.8, 4) is 5.75 Å². The van der Waals surface area contributed by atoms with Gasteiger partial charge in [-0.1, -0.05) is 18.2 Å². The predicted molar refractivity (Wildman–Crippen MR) is 68.7 cm³/mol. The molecule has 94 valence electrons. The van der Waals surface area contributed by atoms with Crippen molar-refractivity contribution in [1.82, 2.24) is 5.32 Å². The first-order valence-corrected chi connectivity index (χ1v) is 5.96. The van der Waals surface area contributed by atoms with Crippen LogP contribution in [0.15, 0.2) is 24.3 Å². The number of aliphatic hydroxyl groups is 1. The molecule has 1 aromatic carbocycles. The first-order valence-electron chi connectivity index (χ1n) is 5.96. The van der Waals surface area contributed by atoms with Crippen LogP contribution in [0.1, 0.15) is 30.9 Å². The van der Waals surface area contributed by atoms with E-state index in [0.717, 1.165) is 43.7 Å². The van der Waals surface area contributed by atoms with E-state index in [1.165, 1.54) is 0 Å². The summed E-state index contributed by atoms with van der Waals surface area (Å²) in [6.45, 7) is 1.96. The molecule has 1 atom stereocenters. The molecule has 0 amide bonds. The van der Waals surface area contributed by atoms with E-state index >= 15 is 0 Å². The third kappa shape index (κ3) is 2.28. The second-order valence-electron chi connectivity index (χ2n) is 4.79. The average molecular weight is 256 g/mol. The van der Waals surface area contributed by atoms with Crippen molar-refractivity contribution in [2.45, 2.75) is 31.0 Å². The Morgan fingerprint density at radius 3 is 2.71 bits per heavy atom. The second kappa shape index (κ2) is 4.84. The minimum absolute atomic E-state index is 0. The standard InChI is InChI=1S/C13H17NO2.ClH/c15-11-9-13(5-7-14-8-6-13)16-12-4-2-1-3-10(11)12;/h1-4,11,14-15H,5-9H2;1H. The smallest absolute Gasteiger partial charge is 0.125 e. The van der Waals surface area contributed by atoms with Crippen LogP contribution in [0.3, 0.4) is 0 Å². The molecule has 4 heteroatoms. The Morgan fingerprint density at radius 1 is 1.24 bits per heavy atom. The molecule has 3 nitrogen and oxygen atoms in total. The highest BCUT2D eigenvalue weighted by molar-refractivity contribution is 5.85. The van der Waals surface area contributed by atoms with Crippen LogP contribution in [0.4, 0.5) is 0 Å². The summed E-state index contributed by atoms with van der Waals surface area (Å²) in [4.78, 5) is 0. The van der Waals surface area contributed by atoms with Crippen LogP contribution in [0.5, 0.6) is 5.75 Å². The molecule has 17 heavy (non-hydrogen) atoms. The molecule has 1 fully saturated rings. The van der Waals surface area contributed by atoms with Gasteiger partial charge in [-0.3, -0.25) is 0 Å². The van der Waals surface area contributed by atoms with Crippen LogP contribution in [0.25, 0.3) is 0 Å². The molecule has 1 unspecified atom stereocenters. The molecular formula is C13H18ClNO2. The summed E-state index contributed by atoms with van der Waals surface area (Å²) in [6, 6.07) is 7.83. The van der Waals surface area contributed by atoms with Crippen molar-refractivity contribution in [3.05, 3.63) is 29.8 Å². The van der Waals surface area contributed by atoms with Crippen LogP contribution >= 0.6 is 12.4 Å². The molecule has 0 aliphatic carbocycles. The van der Waals surface area contributed by atoms with Crippen molar-refractivity contribution in [2.24, 2.45) is 0 Å². The molecule has 3 rings (SSSR count). The van der Waals surface area contributed by atoms with Crippen LogP contribution in [0.2, 0.25) is 0 Å². The third-order valence-corrected chi connectivity index (χ3v) is 3.68. The maximum atomic E-state index is 10.2. The first kappa shape index (κ1) is 12.7. The zero-order valence-corrected chi connectivity index (χ0v) is 10.5. The summed E-state index contributed by atoms with van der Waals surface area (Å²) >= 11 is 0. The molecule has 0 aromatic heterocycles. The van der Waals surface area contributed by atoms with Crippen LogP contribution in [-0.4, -0.2) is 23.8 Å². The summed E-state index contributed by atoms with van der Waals surface area (Å²) in [6.07, 6.45) is 2.32. The Morgan fingerprint density at radius 2 is 1.94 bits per heavy atom. The number of piperidine rings is 1. The Bertz CT molecular complexity index is 391. The third-order valence-electron chi connectivity index (χ3n) is 3.68.